The van der Waals surface area contributed by atoms with Crippen molar-refractivity contribution in [3.8, 4) is 0 Å². The number of amides is 1. The van der Waals surface area contributed by atoms with Gasteiger partial charge in [0.05, 0.1) is 0 Å². The lowest BCUT2D eigenvalue weighted by Crippen LogP contribution is -2.10. The SMILES string of the molecule is NC(=O)c1cccc(CSc2ccc(N)cc2Br)c1. The molecule has 0 spiro atoms. The predicted octanol–water partition coefficient (Wildman–Crippen LogP) is 3.42. The molecule has 3 nitrogen and oxygen atoms in total. The van der Waals surface area contributed by atoms with Gasteiger partial charge >= 0.3 is 0 Å². The molecule has 0 heterocycles. The Kier molecular flexibility index (Phi) is 4.50. The van der Waals surface area contributed by atoms with Crippen LogP contribution in [0.2, 0.25) is 0 Å². The van der Waals surface area contributed by atoms with Gasteiger partial charge in [0.1, 0.15) is 0 Å². The number of halogens is 1. The summed E-state index contributed by atoms with van der Waals surface area (Å²) in [5.41, 5.74) is 13.3. The Morgan fingerprint density at radius 1 is 1.21 bits per heavy atom. The van der Waals surface area contributed by atoms with Gasteiger partial charge in [-0.1, -0.05) is 12.1 Å². The van der Waals surface area contributed by atoms with E-state index in [-0.39, 0.29) is 0 Å². The van der Waals surface area contributed by atoms with Gasteiger partial charge in [0.15, 0.2) is 0 Å². The molecule has 0 unspecified atom stereocenters. The van der Waals surface area contributed by atoms with Crippen LogP contribution in [0, 0.1) is 0 Å². The molecule has 2 aromatic rings. The van der Waals surface area contributed by atoms with Gasteiger partial charge in [-0.15, -0.1) is 11.8 Å². The largest absolute Gasteiger partial charge is 0.399 e. The lowest BCUT2D eigenvalue weighted by Gasteiger charge is -2.06. The van der Waals surface area contributed by atoms with Crippen molar-refractivity contribution in [1.29, 1.82) is 0 Å². The molecular weight excluding hydrogens is 324 g/mol. The van der Waals surface area contributed by atoms with Gasteiger partial charge in [-0.05, 0) is 51.8 Å². The number of carbonyl (C=O) groups is 1. The van der Waals surface area contributed by atoms with Crippen molar-refractivity contribution < 1.29 is 4.79 Å². The van der Waals surface area contributed by atoms with Crippen LogP contribution in [0.4, 0.5) is 5.69 Å². The van der Waals surface area contributed by atoms with Crippen molar-refractivity contribution in [2.75, 3.05) is 5.73 Å². The topological polar surface area (TPSA) is 69.1 Å². The fourth-order valence-electron chi connectivity index (χ4n) is 1.61. The molecule has 0 aromatic heterocycles. The van der Waals surface area contributed by atoms with Crippen molar-refractivity contribution >= 4 is 39.3 Å². The standard InChI is InChI=1S/C14H13BrN2OS/c15-12-7-11(16)4-5-13(12)19-8-9-2-1-3-10(6-9)14(17)18/h1-7H,8,16H2,(H2,17,18). The first-order valence-corrected chi connectivity index (χ1v) is 7.40. The van der Waals surface area contributed by atoms with E-state index in [2.05, 4.69) is 15.9 Å². The number of hydrogen-bond acceptors (Lipinski definition) is 3. The number of primary amides is 1. The first-order chi connectivity index (χ1) is 9.06. The van der Waals surface area contributed by atoms with Crippen LogP contribution >= 0.6 is 27.7 Å². The van der Waals surface area contributed by atoms with E-state index in [0.29, 0.717) is 5.56 Å². The first kappa shape index (κ1) is 14.0. The molecular formula is C14H13BrN2OS. The average Bonchev–Trinajstić information content (AvgIpc) is 2.38. The summed E-state index contributed by atoms with van der Waals surface area (Å²) in [5.74, 6) is 0.365. The lowest BCUT2D eigenvalue weighted by molar-refractivity contribution is 0.1000. The highest BCUT2D eigenvalue weighted by atomic mass is 79.9. The van der Waals surface area contributed by atoms with Gasteiger partial charge in [-0.3, -0.25) is 4.79 Å². The zero-order chi connectivity index (χ0) is 13.8. The Morgan fingerprint density at radius 3 is 2.68 bits per heavy atom. The average molecular weight is 337 g/mol. The molecule has 0 bridgehead atoms. The Bertz CT molecular complexity index is 616. The summed E-state index contributed by atoms with van der Waals surface area (Å²) in [6, 6.07) is 13.1. The Hall–Kier alpha value is -1.46. The maximum absolute atomic E-state index is 11.1. The Balaban J connectivity index is 2.10. The summed E-state index contributed by atoms with van der Waals surface area (Å²) in [6.07, 6.45) is 0. The Labute approximate surface area is 124 Å². The van der Waals surface area contributed by atoms with Crippen LogP contribution in [0.3, 0.4) is 0 Å². The molecule has 0 aliphatic heterocycles. The zero-order valence-corrected chi connectivity index (χ0v) is 12.5. The normalized spacial score (nSPS) is 10.4. The molecule has 0 aliphatic carbocycles. The molecule has 2 aromatic carbocycles. The zero-order valence-electron chi connectivity index (χ0n) is 10.1. The van der Waals surface area contributed by atoms with Crippen LogP contribution in [0.1, 0.15) is 15.9 Å². The number of nitrogens with two attached hydrogens (primary N) is 2. The van der Waals surface area contributed by atoms with E-state index in [1.165, 1.54) is 0 Å². The molecule has 4 N–H and O–H groups in total. The fraction of sp³-hybridized carbons (Fsp3) is 0.0714. The van der Waals surface area contributed by atoms with Crippen molar-refractivity contribution in [3.05, 3.63) is 58.1 Å². The second kappa shape index (κ2) is 6.12. The highest BCUT2D eigenvalue weighted by molar-refractivity contribution is 9.10. The molecule has 98 valence electrons. The molecule has 19 heavy (non-hydrogen) atoms. The third-order valence-corrected chi connectivity index (χ3v) is 4.62. The maximum atomic E-state index is 11.1. The van der Waals surface area contributed by atoms with E-state index in [9.17, 15) is 4.79 Å². The van der Waals surface area contributed by atoms with Crippen molar-refractivity contribution in [2.24, 2.45) is 5.73 Å². The summed E-state index contributed by atoms with van der Waals surface area (Å²) in [6.45, 7) is 0. The van der Waals surface area contributed by atoms with E-state index in [1.54, 1.807) is 17.8 Å². The number of anilines is 1. The van der Waals surface area contributed by atoms with Crippen molar-refractivity contribution in [1.82, 2.24) is 0 Å². The minimum Gasteiger partial charge on any atom is -0.399 e. The summed E-state index contributed by atoms with van der Waals surface area (Å²) >= 11 is 5.16. The van der Waals surface area contributed by atoms with E-state index >= 15 is 0 Å². The van der Waals surface area contributed by atoms with Crippen LogP contribution in [0.5, 0.6) is 0 Å². The minimum atomic E-state index is -0.402. The number of benzene rings is 2. The molecule has 0 atom stereocenters. The van der Waals surface area contributed by atoms with Gasteiger partial charge in [0.2, 0.25) is 5.91 Å². The quantitative estimate of drug-likeness (QED) is 0.663. The van der Waals surface area contributed by atoms with Crippen LogP contribution in [0.15, 0.2) is 51.8 Å². The van der Waals surface area contributed by atoms with E-state index in [4.69, 9.17) is 11.5 Å². The number of carbonyl (C=O) groups excluding carboxylic acids is 1. The lowest BCUT2D eigenvalue weighted by atomic mass is 10.1. The Morgan fingerprint density at radius 2 is 2.00 bits per heavy atom. The molecule has 5 heteroatoms. The third kappa shape index (κ3) is 3.75. The molecule has 0 saturated heterocycles. The second-order valence-corrected chi connectivity index (χ2v) is 5.91. The molecule has 0 aliphatic rings. The second-order valence-electron chi connectivity index (χ2n) is 4.04. The van der Waals surface area contributed by atoms with Crippen molar-refractivity contribution in [2.45, 2.75) is 10.6 Å². The van der Waals surface area contributed by atoms with Gasteiger partial charge < -0.3 is 11.5 Å². The third-order valence-electron chi connectivity index (χ3n) is 2.56. The fourth-order valence-corrected chi connectivity index (χ4v) is 3.21. The molecule has 1 amide bonds. The van der Waals surface area contributed by atoms with Gasteiger partial charge in [0.25, 0.3) is 0 Å². The summed E-state index contributed by atoms with van der Waals surface area (Å²) in [5, 5.41) is 0. The number of nitrogen functional groups attached to an aromatic ring is 1. The van der Waals surface area contributed by atoms with E-state index < -0.39 is 5.91 Å². The monoisotopic (exact) mass is 336 g/mol. The van der Waals surface area contributed by atoms with Crippen LogP contribution in [0.25, 0.3) is 0 Å². The van der Waals surface area contributed by atoms with E-state index in [1.807, 2.05) is 36.4 Å². The van der Waals surface area contributed by atoms with Crippen molar-refractivity contribution in [3.63, 3.8) is 0 Å². The highest BCUT2D eigenvalue weighted by Crippen LogP contribution is 2.31. The predicted molar refractivity (Wildman–Crippen MR) is 83.1 cm³/mol. The molecule has 0 saturated carbocycles. The van der Waals surface area contributed by atoms with Gasteiger partial charge in [-0.2, -0.15) is 0 Å². The highest BCUT2D eigenvalue weighted by Gasteiger charge is 2.04. The first-order valence-electron chi connectivity index (χ1n) is 5.63. The van der Waals surface area contributed by atoms with E-state index in [0.717, 1.165) is 26.4 Å². The summed E-state index contributed by atoms with van der Waals surface area (Å²) in [7, 11) is 0. The summed E-state index contributed by atoms with van der Waals surface area (Å²) in [4.78, 5) is 12.2. The van der Waals surface area contributed by atoms with Gasteiger partial charge in [-0.25, -0.2) is 0 Å². The van der Waals surface area contributed by atoms with Crippen LogP contribution in [-0.4, -0.2) is 5.91 Å². The molecule has 2 rings (SSSR count). The summed E-state index contributed by atoms with van der Waals surface area (Å²) < 4.78 is 0.976. The minimum absolute atomic E-state index is 0.402. The number of rotatable bonds is 4. The number of thioether (sulfide) groups is 1. The van der Waals surface area contributed by atoms with Crippen LogP contribution in [-0.2, 0) is 5.75 Å². The molecule has 0 fully saturated rings. The van der Waals surface area contributed by atoms with Crippen LogP contribution < -0.4 is 11.5 Å². The molecule has 0 radical (unpaired) electrons. The smallest absolute Gasteiger partial charge is 0.248 e. The van der Waals surface area contributed by atoms with Gasteiger partial charge in [0, 0.05) is 26.4 Å². The maximum Gasteiger partial charge on any atom is 0.248 e. The number of hydrogen-bond donors (Lipinski definition) is 2.